The van der Waals surface area contributed by atoms with Gasteiger partial charge in [0.15, 0.2) is 12.7 Å². The lowest BCUT2D eigenvalue weighted by Gasteiger charge is -2.43. The van der Waals surface area contributed by atoms with Gasteiger partial charge in [-0.2, -0.15) is 5.10 Å². The Morgan fingerprint density at radius 2 is 1.79 bits per heavy atom. The molecule has 33 heavy (non-hydrogen) atoms. The third-order valence-electron chi connectivity index (χ3n) is 6.02. The Labute approximate surface area is 205 Å². The monoisotopic (exact) mass is 495 g/mol. The Morgan fingerprint density at radius 1 is 1.12 bits per heavy atom. The van der Waals surface area contributed by atoms with Crippen LogP contribution in [0.4, 0.5) is 0 Å². The fourth-order valence-electron chi connectivity index (χ4n) is 4.28. The number of nitrogens with zero attached hydrogens (tertiary/aromatic N) is 3. The van der Waals surface area contributed by atoms with Gasteiger partial charge in [0.25, 0.3) is 0 Å². The molecule has 0 aliphatic carbocycles. The molecule has 1 saturated heterocycles. The second-order valence-electron chi connectivity index (χ2n) is 7.94. The summed E-state index contributed by atoms with van der Waals surface area (Å²) in [5.41, 5.74) is 9.73. The Bertz CT molecular complexity index is 996. The molecular weight excluding hydrogens is 467 g/mol. The third kappa shape index (κ3) is 5.72. The maximum atomic E-state index is 13.6. The van der Waals surface area contributed by atoms with E-state index in [1.54, 1.807) is 18.3 Å². The summed E-state index contributed by atoms with van der Waals surface area (Å²) in [7, 11) is 0. The predicted molar refractivity (Wildman–Crippen MR) is 130 cm³/mol. The maximum Gasteiger partial charge on any atom is 0.359 e. The molecule has 4 rings (SSSR count). The van der Waals surface area contributed by atoms with Gasteiger partial charge in [0.05, 0.1) is 44.6 Å². The quantitative estimate of drug-likeness (QED) is 0.487. The summed E-state index contributed by atoms with van der Waals surface area (Å²) >= 11 is 0. The van der Waals surface area contributed by atoms with Crippen LogP contribution in [0.2, 0.25) is 0 Å². The highest BCUT2D eigenvalue weighted by atomic mass is 35.5. The van der Waals surface area contributed by atoms with Gasteiger partial charge >= 0.3 is 11.9 Å². The highest BCUT2D eigenvalue weighted by Crippen LogP contribution is 2.34. The normalized spacial score (nSPS) is 22.1. The molecular formula is C23H29Cl2N4O4+. The van der Waals surface area contributed by atoms with E-state index >= 15 is 0 Å². The molecule has 1 amide bonds. The van der Waals surface area contributed by atoms with Gasteiger partial charge in [0, 0.05) is 12.0 Å². The molecule has 0 saturated carbocycles. The van der Waals surface area contributed by atoms with Gasteiger partial charge in [-0.15, -0.1) is 24.8 Å². The summed E-state index contributed by atoms with van der Waals surface area (Å²) in [4.78, 5) is 25.3. The van der Waals surface area contributed by atoms with Crippen molar-refractivity contribution in [1.29, 1.82) is 0 Å². The van der Waals surface area contributed by atoms with Gasteiger partial charge in [-0.05, 0) is 23.3 Å². The van der Waals surface area contributed by atoms with Crippen molar-refractivity contribution < 1.29 is 23.9 Å². The fraction of sp³-hybridized carbons (Fsp3) is 0.348. The molecule has 178 valence electrons. The summed E-state index contributed by atoms with van der Waals surface area (Å²) in [5, 5.41) is 16.0. The van der Waals surface area contributed by atoms with E-state index in [2.05, 4.69) is 5.10 Å². The molecule has 2 aliphatic rings. The van der Waals surface area contributed by atoms with Gasteiger partial charge in [-0.3, -0.25) is 10.7 Å². The first-order valence-corrected chi connectivity index (χ1v) is 10.4. The molecule has 2 aromatic carbocycles. The van der Waals surface area contributed by atoms with Crippen molar-refractivity contribution in [3.8, 4) is 0 Å². The van der Waals surface area contributed by atoms with Crippen LogP contribution < -0.4 is 5.73 Å². The molecule has 0 aromatic heterocycles. The summed E-state index contributed by atoms with van der Waals surface area (Å²) < 4.78 is 4.99. The number of fused-ring (bicyclic) bond motifs is 1. The number of benzene rings is 2. The van der Waals surface area contributed by atoms with E-state index in [0.717, 1.165) is 29.8 Å². The third-order valence-corrected chi connectivity index (χ3v) is 6.02. The summed E-state index contributed by atoms with van der Waals surface area (Å²) in [6, 6.07) is 14.7. The van der Waals surface area contributed by atoms with Crippen molar-refractivity contribution in [2.45, 2.75) is 12.6 Å². The van der Waals surface area contributed by atoms with Crippen LogP contribution in [0.1, 0.15) is 33.2 Å². The molecule has 8 nitrogen and oxygen atoms in total. The molecule has 10 heteroatoms. The number of carbonyl (C=O) groups excluding carboxylic acids is 1. The molecule has 0 spiro atoms. The van der Waals surface area contributed by atoms with Crippen LogP contribution in [0, 0.1) is 0 Å². The maximum absolute atomic E-state index is 13.6. The number of carbonyl (C=O) groups is 2. The van der Waals surface area contributed by atoms with Crippen LogP contribution in [0.5, 0.6) is 0 Å². The van der Waals surface area contributed by atoms with Gasteiger partial charge in [0.2, 0.25) is 0 Å². The van der Waals surface area contributed by atoms with Crippen LogP contribution in [-0.4, -0.2) is 72.1 Å². The first-order chi connectivity index (χ1) is 15.0. The van der Waals surface area contributed by atoms with Gasteiger partial charge in [0.1, 0.15) is 0 Å². The molecule has 2 aliphatic heterocycles. The number of rotatable bonds is 5. The van der Waals surface area contributed by atoms with E-state index < -0.39 is 12.1 Å². The number of morpholine rings is 1. The molecule has 2 aromatic rings. The minimum Gasteiger partial charge on any atom is -0.477 e. The van der Waals surface area contributed by atoms with Crippen molar-refractivity contribution >= 4 is 42.9 Å². The number of ether oxygens (including phenoxy) is 1. The van der Waals surface area contributed by atoms with Crippen LogP contribution in [0.25, 0.3) is 0 Å². The largest absolute Gasteiger partial charge is 0.477 e. The minimum atomic E-state index is -1.04. The number of carboxylic acids is 1. The lowest BCUT2D eigenvalue weighted by Crippen LogP contribution is -2.62. The zero-order valence-electron chi connectivity index (χ0n) is 18.1. The Morgan fingerprint density at radius 3 is 2.45 bits per heavy atom. The standard InChI is InChI=1S/C23H26N4O4.2ClH/c24-22-20-4-2-1-3-18(20)9-12-27(22,16-21(28)29)23(30)19-7-5-17(6-8-19)15-25-26-10-13-31-14-11-26;;/h1-8,15,22H,9-14,16,24H2;2*1H/p+1. The van der Waals surface area contributed by atoms with Crippen LogP contribution in [-0.2, 0) is 16.0 Å². The smallest absolute Gasteiger partial charge is 0.359 e. The van der Waals surface area contributed by atoms with Crippen LogP contribution >= 0.6 is 24.8 Å². The van der Waals surface area contributed by atoms with Crippen LogP contribution in [0.15, 0.2) is 53.6 Å². The number of hydrazone groups is 1. The first-order valence-electron chi connectivity index (χ1n) is 10.4. The summed E-state index contributed by atoms with van der Waals surface area (Å²) in [6.07, 6.45) is 1.63. The van der Waals surface area contributed by atoms with E-state index in [1.807, 2.05) is 41.4 Å². The number of hydrogen-bond donors (Lipinski definition) is 2. The zero-order valence-corrected chi connectivity index (χ0v) is 19.8. The number of nitrogens with two attached hydrogens (primary N) is 1. The van der Waals surface area contributed by atoms with Gasteiger partial charge in [-0.25, -0.2) is 14.1 Å². The molecule has 2 unspecified atom stereocenters. The van der Waals surface area contributed by atoms with Crippen LogP contribution in [0.3, 0.4) is 0 Å². The number of aliphatic carboxylic acids is 1. The molecule has 1 fully saturated rings. The minimum absolute atomic E-state index is 0. The second-order valence-corrected chi connectivity index (χ2v) is 7.94. The lowest BCUT2D eigenvalue weighted by atomic mass is 9.93. The van der Waals surface area contributed by atoms with E-state index in [0.29, 0.717) is 31.7 Å². The van der Waals surface area contributed by atoms with Crippen molar-refractivity contribution in [2.24, 2.45) is 10.8 Å². The fourth-order valence-corrected chi connectivity index (χ4v) is 4.28. The average molecular weight is 496 g/mol. The predicted octanol–water partition coefficient (Wildman–Crippen LogP) is 2.45. The van der Waals surface area contributed by atoms with Gasteiger partial charge in [-0.1, -0.05) is 36.4 Å². The number of hydrogen-bond acceptors (Lipinski definition) is 6. The zero-order chi connectivity index (χ0) is 21.8. The highest BCUT2D eigenvalue weighted by molar-refractivity contribution is 5.91. The molecule has 0 radical (unpaired) electrons. The molecule has 0 bridgehead atoms. The number of amides is 1. The van der Waals surface area contributed by atoms with E-state index in [-0.39, 0.29) is 41.7 Å². The second kappa shape index (κ2) is 11.6. The van der Waals surface area contributed by atoms with Crippen molar-refractivity contribution in [3.05, 3.63) is 70.8 Å². The number of carboxylic acid groups (broad SMARTS) is 1. The summed E-state index contributed by atoms with van der Waals surface area (Å²) in [5.74, 6) is -1.32. The Balaban J connectivity index is 0.00000193. The topological polar surface area (TPSA) is 105 Å². The van der Waals surface area contributed by atoms with E-state index in [9.17, 15) is 14.7 Å². The molecule has 2 heterocycles. The lowest BCUT2D eigenvalue weighted by molar-refractivity contribution is -0.875. The highest BCUT2D eigenvalue weighted by Gasteiger charge is 2.48. The average Bonchev–Trinajstić information content (AvgIpc) is 2.80. The Hall–Kier alpha value is -2.49. The Kier molecular flexibility index (Phi) is 9.39. The summed E-state index contributed by atoms with van der Waals surface area (Å²) in [6.45, 7) is 2.83. The van der Waals surface area contributed by atoms with Crippen molar-refractivity contribution in [1.82, 2.24) is 5.01 Å². The SMILES string of the molecule is Cl.Cl.NC1c2ccccc2CC[N+]1(CC(=O)O)C(=O)c1ccc(C=NN2CCOCC2)cc1. The van der Waals surface area contributed by atoms with Crippen molar-refractivity contribution in [2.75, 3.05) is 39.4 Å². The van der Waals surface area contributed by atoms with E-state index in [1.165, 1.54) is 0 Å². The molecule has 2 atom stereocenters. The number of halogens is 2. The van der Waals surface area contributed by atoms with Crippen molar-refractivity contribution in [3.63, 3.8) is 0 Å². The van der Waals surface area contributed by atoms with E-state index in [4.69, 9.17) is 10.5 Å². The van der Waals surface area contributed by atoms with Gasteiger partial charge < -0.3 is 9.84 Å². The first kappa shape index (κ1) is 26.8. The molecule has 3 N–H and O–H groups in total. The number of quaternary nitrogens is 1.